The van der Waals surface area contributed by atoms with Crippen molar-refractivity contribution in [1.29, 1.82) is 0 Å². The molecule has 0 saturated heterocycles. The van der Waals surface area contributed by atoms with Crippen molar-refractivity contribution >= 4 is 23.3 Å². The first-order chi connectivity index (χ1) is 7.48. The van der Waals surface area contributed by atoms with E-state index in [0.717, 1.165) is 0 Å². The predicted molar refractivity (Wildman–Crippen MR) is 61.1 cm³/mol. The van der Waals surface area contributed by atoms with Crippen LogP contribution in [-0.4, -0.2) is 18.2 Å². The van der Waals surface area contributed by atoms with Crippen LogP contribution in [-0.2, 0) is 5.72 Å². The number of amides is 2. The zero-order valence-corrected chi connectivity index (χ0v) is 9.25. The van der Waals surface area contributed by atoms with Gasteiger partial charge in [0.1, 0.15) is 0 Å². The molecule has 1 unspecified atom stereocenters. The molecule has 2 amide bonds. The first kappa shape index (κ1) is 10.8. The van der Waals surface area contributed by atoms with E-state index in [1.54, 1.807) is 19.2 Å². The molecule has 0 aromatic heterocycles. The van der Waals surface area contributed by atoms with Gasteiger partial charge in [-0.3, -0.25) is 10.2 Å². The average molecular weight is 237 g/mol. The van der Waals surface area contributed by atoms with Crippen molar-refractivity contribution in [2.45, 2.75) is 5.72 Å². The Balaban J connectivity index is 2.69. The quantitative estimate of drug-likeness (QED) is 0.667. The number of rotatable bonds is 0. The van der Waals surface area contributed by atoms with Gasteiger partial charge in [0, 0.05) is 17.6 Å². The zero-order valence-electron chi connectivity index (χ0n) is 8.49. The third kappa shape index (κ3) is 1.42. The average Bonchev–Trinajstić information content (AvgIpc) is 2.26. The van der Waals surface area contributed by atoms with Gasteiger partial charge >= 0.3 is 6.03 Å². The van der Waals surface area contributed by atoms with Crippen LogP contribution in [0.4, 0.5) is 10.5 Å². The first-order valence-electron chi connectivity index (χ1n) is 4.54. The lowest BCUT2D eigenvalue weighted by atomic mass is 9.98. The second-order valence-corrected chi connectivity index (χ2v) is 3.94. The largest absolute Gasteiger partial charge is 0.357 e. The Kier molecular flexibility index (Phi) is 2.30. The molecule has 0 aliphatic carbocycles. The molecule has 1 atom stereocenters. The molecule has 0 radical (unpaired) electrons. The standard InChI is InChI=1S/C11H9ClN2O2/c1-3-11(16)8-6-7(12)4-5-9(8)14(2)10(15)13-11/h1,4-6,16H,2H3,(H,13,15). The number of carbonyl (C=O) groups is 1. The number of aliphatic hydroxyl groups is 1. The smallest absolute Gasteiger partial charge is 0.324 e. The van der Waals surface area contributed by atoms with Crippen molar-refractivity contribution in [2.24, 2.45) is 0 Å². The van der Waals surface area contributed by atoms with E-state index in [0.29, 0.717) is 16.3 Å². The summed E-state index contributed by atoms with van der Waals surface area (Å²) < 4.78 is 0. The van der Waals surface area contributed by atoms with E-state index in [4.69, 9.17) is 18.0 Å². The summed E-state index contributed by atoms with van der Waals surface area (Å²) in [6, 6.07) is 4.34. The van der Waals surface area contributed by atoms with Crippen LogP contribution < -0.4 is 10.2 Å². The zero-order chi connectivity index (χ0) is 11.9. The number of urea groups is 1. The molecule has 4 nitrogen and oxygen atoms in total. The Morgan fingerprint density at radius 3 is 2.94 bits per heavy atom. The molecule has 2 rings (SSSR count). The molecule has 2 N–H and O–H groups in total. The molecule has 0 saturated carbocycles. The van der Waals surface area contributed by atoms with Gasteiger partial charge in [0.05, 0.1) is 5.69 Å². The highest BCUT2D eigenvalue weighted by atomic mass is 35.5. The molecule has 1 aromatic rings. The van der Waals surface area contributed by atoms with Crippen LogP contribution in [0.5, 0.6) is 0 Å². The highest BCUT2D eigenvalue weighted by molar-refractivity contribution is 6.30. The van der Waals surface area contributed by atoms with Crippen LogP contribution in [0, 0.1) is 12.3 Å². The number of terminal acetylenes is 1. The second kappa shape index (κ2) is 3.41. The van der Waals surface area contributed by atoms with Crippen LogP contribution >= 0.6 is 11.6 Å². The van der Waals surface area contributed by atoms with Gasteiger partial charge in [0.2, 0.25) is 5.72 Å². The van der Waals surface area contributed by atoms with Crippen molar-refractivity contribution in [1.82, 2.24) is 5.32 Å². The fourth-order valence-electron chi connectivity index (χ4n) is 1.62. The maximum Gasteiger partial charge on any atom is 0.324 e. The predicted octanol–water partition coefficient (Wildman–Crippen LogP) is 1.28. The van der Waals surface area contributed by atoms with E-state index >= 15 is 0 Å². The Morgan fingerprint density at radius 1 is 1.62 bits per heavy atom. The monoisotopic (exact) mass is 236 g/mol. The van der Waals surface area contributed by atoms with E-state index < -0.39 is 11.8 Å². The highest BCUT2D eigenvalue weighted by Gasteiger charge is 2.38. The van der Waals surface area contributed by atoms with Crippen molar-refractivity contribution in [3.63, 3.8) is 0 Å². The molecule has 5 heteroatoms. The van der Waals surface area contributed by atoms with Crippen molar-refractivity contribution in [2.75, 3.05) is 11.9 Å². The van der Waals surface area contributed by atoms with Gasteiger partial charge in [-0.2, -0.15) is 0 Å². The Hall–Kier alpha value is -1.70. The molecular weight excluding hydrogens is 228 g/mol. The van der Waals surface area contributed by atoms with Crippen molar-refractivity contribution < 1.29 is 9.90 Å². The molecule has 1 heterocycles. The van der Waals surface area contributed by atoms with Crippen molar-refractivity contribution in [3.05, 3.63) is 28.8 Å². The Labute approximate surface area is 97.8 Å². The van der Waals surface area contributed by atoms with Gasteiger partial charge in [-0.1, -0.05) is 11.6 Å². The first-order valence-corrected chi connectivity index (χ1v) is 4.92. The lowest BCUT2D eigenvalue weighted by Gasteiger charge is -2.35. The topological polar surface area (TPSA) is 52.6 Å². The molecule has 1 aliphatic rings. The summed E-state index contributed by atoms with van der Waals surface area (Å²) in [5, 5.41) is 12.9. The summed E-state index contributed by atoms with van der Waals surface area (Å²) in [7, 11) is 1.58. The maximum absolute atomic E-state index is 11.5. The minimum atomic E-state index is -1.80. The highest BCUT2D eigenvalue weighted by Crippen LogP contribution is 2.34. The fourth-order valence-corrected chi connectivity index (χ4v) is 1.79. The summed E-state index contributed by atoms with van der Waals surface area (Å²) in [4.78, 5) is 12.9. The minimum absolute atomic E-state index is 0.393. The van der Waals surface area contributed by atoms with Crippen LogP contribution in [0.15, 0.2) is 18.2 Å². The number of hydrogen-bond donors (Lipinski definition) is 2. The number of nitrogens with one attached hydrogen (secondary N) is 1. The number of benzene rings is 1. The summed E-state index contributed by atoms with van der Waals surface area (Å²) in [5.74, 6) is 2.15. The van der Waals surface area contributed by atoms with Crippen LogP contribution in [0.1, 0.15) is 5.56 Å². The SMILES string of the molecule is C#CC1(O)NC(=O)N(C)c2ccc(Cl)cc21. The number of anilines is 1. The number of fused-ring (bicyclic) bond motifs is 1. The molecule has 0 bridgehead atoms. The fraction of sp³-hybridized carbons (Fsp3) is 0.182. The van der Waals surface area contributed by atoms with Crippen molar-refractivity contribution in [3.8, 4) is 12.3 Å². The third-order valence-corrected chi connectivity index (χ3v) is 2.75. The summed E-state index contributed by atoms with van der Waals surface area (Å²) in [6.07, 6.45) is 5.23. The van der Waals surface area contributed by atoms with E-state index in [1.807, 2.05) is 0 Å². The Morgan fingerprint density at radius 2 is 2.31 bits per heavy atom. The number of carbonyl (C=O) groups excluding carboxylic acids is 1. The number of nitrogens with zero attached hydrogens (tertiary/aromatic N) is 1. The molecule has 1 aromatic carbocycles. The molecule has 82 valence electrons. The minimum Gasteiger partial charge on any atom is -0.357 e. The van der Waals surface area contributed by atoms with Crippen LogP contribution in [0.25, 0.3) is 0 Å². The van der Waals surface area contributed by atoms with Gasteiger partial charge in [-0.05, 0) is 24.1 Å². The summed E-state index contributed by atoms with van der Waals surface area (Å²) in [5.41, 5.74) is -0.873. The molecule has 1 aliphatic heterocycles. The van der Waals surface area contributed by atoms with Crippen LogP contribution in [0.2, 0.25) is 5.02 Å². The number of halogens is 1. The molecule has 0 spiro atoms. The van der Waals surface area contributed by atoms with Gasteiger partial charge in [-0.15, -0.1) is 6.42 Å². The Bertz CT molecular complexity index is 509. The van der Waals surface area contributed by atoms with E-state index in [2.05, 4.69) is 11.2 Å². The summed E-state index contributed by atoms with van der Waals surface area (Å²) >= 11 is 5.83. The summed E-state index contributed by atoms with van der Waals surface area (Å²) in [6.45, 7) is 0. The maximum atomic E-state index is 11.5. The molecule has 0 fully saturated rings. The lowest BCUT2D eigenvalue weighted by molar-refractivity contribution is 0.0706. The second-order valence-electron chi connectivity index (χ2n) is 3.51. The van der Waals surface area contributed by atoms with E-state index in [1.165, 1.54) is 11.0 Å². The lowest BCUT2D eigenvalue weighted by Crippen LogP contribution is -2.54. The van der Waals surface area contributed by atoms with Gasteiger partial charge < -0.3 is 5.11 Å². The van der Waals surface area contributed by atoms with E-state index in [-0.39, 0.29) is 0 Å². The van der Waals surface area contributed by atoms with Gasteiger partial charge in [0.15, 0.2) is 0 Å². The van der Waals surface area contributed by atoms with Crippen LogP contribution in [0.3, 0.4) is 0 Å². The van der Waals surface area contributed by atoms with E-state index in [9.17, 15) is 9.90 Å². The molecular formula is C11H9ClN2O2. The van der Waals surface area contributed by atoms with Gasteiger partial charge in [-0.25, -0.2) is 4.79 Å². The molecule has 16 heavy (non-hydrogen) atoms. The van der Waals surface area contributed by atoms with Gasteiger partial charge in [0.25, 0.3) is 0 Å². The normalized spacial score (nSPS) is 23.4. The third-order valence-electron chi connectivity index (χ3n) is 2.51. The number of hydrogen-bond acceptors (Lipinski definition) is 2.